The number of para-hydroxylation sites is 2. The van der Waals surface area contributed by atoms with E-state index in [1.807, 2.05) is 6.07 Å². The molecule has 0 saturated heterocycles. The maximum atomic E-state index is 11.1. The fraction of sp³-hybridized carbons (Fsp3) is 0.432. The van der Waals surface area contributed by atoms with E-state index in [4.69, 9.17) is 11.6 Å². The van der Waals surface area contributed by atoms with Gasteiger partial charge in [0, 0.05) is 58.3 Å². The van der Waals surface area contributed by atoms with Crippen LogP contribution >= 0.6 is 11.6 Å². The first-order valence-electron chi connectivity index (χ1n) is 15.9. The van der Waals surface area contributed by atoms with Crippen molar-refractivity contribution >= 4 is 38.8 Å². The minimum Gasteiger partial charge on any atom is -0.748 e. The molecule has 0 saturated carbocycles. The van der Waals surface area contributed by atoms with Gasteiger partial charge in [0.1, 0.15) is 6.54 Å². The number of unbranched alkanes of at least 4 members (excludes halogenated alkanes) is 2. The third-order valence-corrected chi connectivity index (χ3v) is 10.7. The number of nitrogens with zero attached hydrogens (tertiary/aromatic N) is 2. The van der Waals surface area contributed by atoms with Crippen molar-refractivity contribution in [3.05, 3.63) is 106 Å². The average Bonchev–Trinajstić information content (AvgIpc) is 3.51. The van der Waals surface area contributed by atoms with Crippen LogP contribution in [0.2, 0.25) is 0 Å². The molecule has 2 heterocycles. The molecule has 0 atom stereocenters. The van der Waals surface area contributed by atoms with Crippen LogP contribution in [-0.4, -0.2) is 42.1 Å². The molecule has 2 aliphatic heterocycles. The third-order valence-electron chi connectivity index (χ3n) is 9.47. The van der Waals surface area contributed by atoms with E-state index in [2.05, 4.69) is 111 Å². The van der Waals surface area contributed by atoms with Crippen LogP contribution in [0.5, 0.6) is 0 Å². The number of fused-ring (bicyclic) bond motifs is 2. The summed E-state index contributed by atoms with van der Waals surface area (Å²) in [6.45, 7) is 13.0. The second kappa shape index (κ2) is 14.5. The van der Waals surface area contributed by atoms with Gasteiger partial charge in [0.2, 0.25) is 5.69 Å². The Labute approximate surface area is 297 Å². The minimum absolute atomic E-state index is 0. The van der Waals surface area contributed by atoms with Crippen molar-refractivity contribution in [2.24, 2.45) is 0 Å². The molecule has 2 aromatic carbocycles. The van der Waals surface area contributed by atoms with E-state index in [0.717, 1.165) is 59.8 Å². The summed E-state index contributed by atoms with van der Waals surface area (Å²) in [4.78, 5) is 2.49. The number of rotatable bonds is 11. The Morgan fingerprint density at radius 2 is 1.60 bits per heavy atom. The first-order valence-corrected chi connectivity index (χ1v) is 17.9. The number of hydrogen-bond donors (Lipinski definition) is 0. The van der Waals surface area contributed by atoms with E-state index >= 15 is 0 Å². The number of halogens is 1. The largest absolute Gasteiger partial charge is 1.00 e. The van der Waals surface area contributed by atoms with Crippen LogP contribution < -0.4 is 34.5 Å². The summed E-state index contributed by atoms with van der Waals surface area (Å²) in [5, 5.41) is 0.827. The summed E-state index contributed by atoms with van der Waals surface area (Å²) < 4.78 is 35.7. The standard InChI is InChI=1S/C37H45ClN2O3S.Na/c1-6-7-24-39-31-16-10-8-14-29(31)36(2,3)33(39)22-20-27-18-19-28(35(27)38)21-23-34-37(4,5)30-15-9-11-17-32(30)40(34)25-12-13-26-44(41,42)43;/h8-11,14-17,20-23H,6-7,12-13,18-19,24-26H2,1-5H3;/q;+1. The quantitative estimate of drug-likeness (QED) is 0.136. The summed E-state index contributed by atoms with van der Waals surface area (Å²) in [7, 11) is -4.21. The van der Waals surface area contributed by atoms with Gasteiger partial charge in [-0.25, -0.2) is 8.42 Å². The molecule has 3 aliphatic rings. The number of anilines is 1. The minimum atomic E-state index is -4.21. The summed E-state index contributed by atoms with van der Waals surface area (Å²) in [5.41, 5.74) is 9.50. The normalized spacial score (nSPS) is 20.5. The SMILES string of the molecule is CCCCN1/C(=C/C=C2\CCC(/C=C/C3=[N+](CCCCS(=O)(=O)[O-])c4ccccc4C3(C)C)=C2Cl)C(C)(C)c2ccccc21.[Na+]. The molecule has 0 bridgehead atoms. The fourth-order valence-electron chi connectivity index (χ4n) is 7.00. The van der Waals surface area contributed by atoms with Gasteiger partial charge in [0.25, 0.3) is 0 Å². The van der Waals surface area contributed by atoms with Crippen LogP contribution in [0.3, 0.4) is 0 Å². The first-order chi connectivity index (χ1) is 20.9. The third kappa shape index (κ3) is 7.47. The Kier molecular flexibility index (Phi) is 11.5. The summed E-state index contributed by atoms with van der Waals surface area (Å²) in [6, 6.07) is 17.1. The summed E-state index contributed by atoms with van der Waals surface area (Å²) >= 11 is 7.04. The molecule has 0 spiro atoms. The second-order valence-electron chi connectivity index (χ2n) is 13.2. The monoisotopic (exact) mass is 655 g/mol. The Bertz CT molecular complexity index is 1700. The Balaban J connectivity index is 0.00000461. The van der Waals surface area contributed by atoms with E-state index in [9.17, 15) is 13.0 Å². The van der Waals surface area contributed by atoms with Crippen LogP contribution in [0.15, 0.2) is 94.7 Å². The van der Waals surface area contributed by atoms with Gasteiger partial charge in [-0.2, -0.15) is 4.58 Å². The van der Waals surface area contributed by atoms with Crippen molar-refractivity contribution in [2.45, 2.75) is 84.0 Å². The van der Waals surface area contributed by atoms with E-state index in [0.29, 0.717) is 19.4 Å². The maximum Gasteiger partial charge on any atom is 1.00 e. The Hall–Kier alpha value is -1.93. The molecule has 5 rings (SSSR count). The maximum absolute atomic E-state index is 11.1. The molecule has 8 heteroatoms. The molecule has 5 nitrogen and oxygen atoms in total. The van der Waals surface area contributed by atoms with Crippen molar-refractivity contribution in [2.75, 3.05) is 23.7 Å². The molecule has 0 radical (unpaired) electrons. The molecule has 0 amide bonds. The number of hydrogen-bond acceptors (Lipinski definition) is 4. The number of allylic oxidation sites excluding steroid dienone is 8. The van der Waals surface area contributed by atoms with Crippen molar-refractivity contribution in [1.29, 1.82) is 0 Å². The van der Waals surface area contributed by atoms with E-state index in [1.165, 1.54) is 22.5 Å². The number of benzene rings is 2. The van der Waals surface area contributed by atoms with Crippen LogP contribution in [0.4, 0.5) is 11.4 Å². The van der Waals surface area contributed by atoms with E-state index < -0.39 is 10.1 Å². The molecule has 0 fully saturated rings. The first kappa shape index (κ1) is 35.9. The molecule has 0 N–H and O–H groups in total. The molecule has 234 valence electrons. The molecular formula is C37H45ClN2NaO3S+. The average molecular weight is 656 g/mol. The predicted octanol–water partition coefficient (Wildman–Crippen LogP) is 5.64. The molecular weight excluding hydrogens is 611 g/mol. The Morgan fingerprint density at radius 3 is 2.31 bits per heavy atom. The fourth-order valence-corrected chi connectivity index (χ4v) is 7.87. The zero-order chi connectivity index (χ0) is 31.7. The van der Waals surface area contributed by atoms with Gasteiger partial charge in [-0.1, -0.05) is 87.3 Å². The molecule has 45 heavy (non-hydrogen) atoms. The van der Waals surface area contributed by atoms with Crippen molar-refractivity contribution < 1.29 is 47.1 Å². The molecule has 1 aliphatic carbocycles. The smallest absolute Gasteiger partial charge is 0.748 e. The van der Waals surface area contributed by atoms with Gasteiger partial charge in [-0.3, -0.25) is 0 Å². The van der Waals surface area contributed by atoms with Gasteiger partial charge in [-0.15, -0.1) is 0 Å². The zero-order valence-electron chi connectivity index (χ0n) is 27.7. The second-order valence-corrected chi connectivity index (χ2v) is 15.1. The van der Waals surface area contributed by atoms with E-state index in [1.54, 1.807) is 0 Å². The summed E-state index contributed by atoms with van der Waals surface area (Å²) in [6.07, 6.45) is 13.9. The topological polar surface area (TPSA) is 63.5 Å². The summed E-state index contributed by atoms with van der Waals surface area (Å²) in [5.74, 6) is -0.329. The van der Waals surface area contributed by atoms with Gasteiger partial charge in [-0.05, 0) is 68.4 Å². The van der Waals surface area contributed by atoms with Gasteiger partial charge < -0.3 is 9.45 Å². The van der Waals surface area contributed by atoms with Gasteiger partial charge in [0.15, 0.2) is 5.71 Å². The van der Waals surface area contributed by atoms with Gasteiger partial charge >= 0.3 is 29.6 Å². The Morgan fingerprint density at radius 1 is 0.911 bits per heavy atom. The van der Waals surface area contributed by atoms with Crippen LogP contribution in [0, 0.1) is 0 Å². The molecule has 2 aromatic rings. The van der Waals surface area contributed by atoms with Crippen LogP contribution in [-0.2, 0) is 20.9 Å². The zero-order valence-corrected chi connectivity index (χ0v) is 31.3. The molecule has 0 aromatic heterocycles. The van der Waals surface area contributed by atoms with E-state index in [-0.39, 0.29) is 46.1 Å². The van der Waals surface area contributed by atoms with Crippen molar-refractivity contribution in [3.63, 3.8) is 0 Å². The van der Waals surface area contributed by atoms with Crippen molar-refractivity contribution in [1.82, 2.24) is 0 Å². The van der Waals surface area contributed by atoms with Gasteiger partial charge in [0.05, 0.1) is 15.5 Å². The molecule has 0 unspecified atom stereocenters. The predicted molar refractivity (Wildman–Crippen MR) is 182 cm³/mol. The van der Waals surface area contributed by atoms with Crippen LogP contribution in [0.25, 0.3) is 0 Å². The van der Waals surface area contributed by atoms with Crippen LogP contribution in [0.1, 0.15) is 84.3 Å². The van der Waals surface area contributed by atoms with Crippen molar-refractivity contribution in [3.8, 4) is 0 Å².